The molecule has 0 bridgehead atoms. The molecule has 0 saturated carbocycles. The summed E-state index contributed by atoms with van der Waals surface area (Å²) >= 11 is 3.19. The van der Waals surface area contributed by atoms with Crippen molar-refractivity contribution in [2.45, 2.75) is 19.8 Å². The number of hydrogen-bond acceptors (Lipinski definition) is 3. The summed E-state index contributed by atoms with van der Waals surface area (Å²) in [6.45, 7) is 4.30. The fraction of sp³-hybridized carbons (Fsp3) is 0.500. The number of nitrogens with one attached hydrogen (secondary N) is 1. The summed E-state index contributed by atoms with van der Waals surface area (Å²) in [7, 11) is 0. The van der Waals surface area contributed by atoms with Gasteiger partial charge in [0.1, 0.15) is 5.75 Å². The van der Waals surface area contributed by atoms with E-state index in [1.54, 1.807) is 12.1 Å². The molecule has 1 heterocycles. The number of carbonyl (C=O) groups excluding carboxylic acids is 1. The molecule has 5 heteroatoms. The summed E-state index contributed by atoms with van der Waals surface area (Å²) in [6, 6.07) is 4.82. The van der Waals surface area contributed by atoms with Crippen molar-refractivity contribution < 1.29 is 14.6 Å². The maximum Gasteiger partial charge on any atom is 0.251 e. The number of aromatic hydroxyl groups is 1. The molecule has 4 nitrogen and oxygen atoms in total. The van der Waals surface area contributed by atoms with Gasteiger partial charge in [0.2, 0.25) is 0 Å². The van der Waals surface area contributed by atoms with Crippen LogP contribution in [0.3, 0.4) is 0 Å². The minimum absolute atomic E-state index is 0.0740. The Kier molecular flexibility index (Phi) is 4.47. The number of rotatable bonds is 3. The van der Waals surface area contributed by atoms with Gasteiger partial charge in [-0.15, -0.1) is 0 Å². The number of phenols is 1. The van der Waals surface area contributed by atoms with Gasteiger partial charge in [0.15, 0.2) is 0 Å². The van der Waals surface area contributed by atoms with E-state index in [-0.39, 0.29) is 17.1 Å². The van der Waals surface area contributed by atoms with Crippen molar-refractivity contribution in [3.8, 4) is 5.75 Å². The average molecular weight is 328 g/mol. The molecule has 1 aromatic carbocycles. The molecule has 1 amide bonds. The number of halogens is 1. The van der Waals surface area contributed by atoms with E-state index < -0.39 is 0 Å². The van der Waals surface area contributed by atoms with Crippen LogP contribution in [-0.2, 0) is 4.74 Å². The Labute approximate surface area is 121 Å². The van der Waals surface area contributed by atoms with Crippen LogP contribution in [0.4, 0.5) is 0 Å². The van der Waals surface area contributed by atoms with Gasteiger partial charge in [-0.2, -0.15) is 0 Å². The lowest BCUT2D eigenvalue weighted by atomic mass is 9.82. The summed E-state index contributed by atoms with van der Waals surface area (Å²) in [4.78, 5) is 12.0. The molecule has 2 N–H and O–H groups in total. The molecule has 1 aliphatic heterocycles. The van der Waals surface area contributed by atoms with Crippen molar-refractivity contribution in [1.29, 1.82) is 0 Å². The van der Waals surface area contributed by atoms with Gasteiger partial charge < -0.3 is 15.2 Å². The lowest BCUT2D eigenvalue weighted by molar-refractivity contribution is 0.0238. The quantitative estimate of drug-likeness (QED) is 0.897. The maximum absolute atomic E-state index is 12.0. The van der Waals surface area contributed by atoms with Crippen LogP contribution in [0.1, 0.15) is 30.1 Å². The third kappa shape index (κ3) is 3.70. The van der Waals surface area contributed by atoms with Gasteiger partial charge in [0.05, 0.1) is 4.47 Å². The van der Waals surface area contributed by atoms with Crippen LogP contribution in [0.2, 0.25) is 0 Å². The molecule has 1 aromatic rings. The normalized spacial score (nSPS) is 18.0. The molecule has 1 fully saturated rings. The predicted molar refractivity (Wildman–Crippen MR) is 76.3 cm³/mol. The minimum Gasteiger partial charge on any atom is -0.507 e. The number of hydrogen-bond donors (Lipinski definition) is 2. The molecule has 0 atom stereocenters. The summed E-state index contributed by atoms with van der Waals surface area (Å²) in [5.74, 6) is -0.0829. The van der Waals surface area contributed by atoms with Crippen molar-refractivity contribution in [3.63, 3.8) is 0 Å². The van der Waals surface area contributed by atoms with Crippen molar-refractivity contribution in [3.05, 3.63) is 28.2 Å². The van der Waals surface area contributed by atoms with Crippen LogP contribution in [0.25, 0.3) is 0 Å². The van der Waals surface area contributed by atoms with E-state index in [2.05, 4.69) is 28.2 Å². The number of phenolic OH excluding ortho intramolecular Hbond substituents is 1. The van der Waals surface area contributed by atoms with Crippen LogP contribution < -0.4 is 5.32 Å². The Morgan fingerprint density at radius 2 is 2.16 bits per heavy atom. The standard InChI is InChI=1S/C14H18BrNO3/c1-14(4-6-19-7-5-14)9-16-13(18)10-2-3-11(15)12(17)8-10/h2-3,8,17H,4-7,9H2,1H3,(H,16,18). The predicted octanol–water partition coefficient (Wildman–Crippen LogP) is 2.70. The topological polar surface area (TPSA) is 58.6 Å². The zero-order valence-electron chi connectivity index (χ0n) is 10.9. The molecule has 104 valence electrons. The van der Waals surface area contributed by atoms with E-state index in [1.165, 1.54) is 6.07 Å². The first-order valence-corrected chi connectivity index (χ1v) is 7.14. The lowest BCUT2D eigenvalue weighted by Gasteiger charge is -2.33. The van der Waals surface area contributed by atoms with E-state index in [9.17, 15) is 9.90 Å². The van der Waals surface area contributed by atoms with Gasteiger partial charge in [-0.1, -0.05) is 6.92 Å². The Morgan fingerprint density at radius 1 is 1.47 bits per heavy atom. The summed E-state index contributed by atoms with van der Waals surface area (Å²) < 4.78 is 5.92. The summed E-state index contributed by atoms with van der Waals surface area (Å²) in [5.41, 5.74) is 0.571. The number of ether oxygens (including phenoxy) is 1. The monoisotopic (exact) mass is 327 g/mol. The van der Waals surface area contributed by atoms with Crippen LogP contribution in [0.15, 0.2) is 22.7 Å². The fourth-order valence-electron chi connectivity index (χ4n) is 2.09. The zero-order valence-corrected chi connectivity index (χ0v) is 12.5. The molecule has 0 aromatic heterocycles. The summed E-state index contributed by atoms with van der Waals surface area (Å²) in [5, 5.41) is 12.5. The number of benzene rings is 1. The van der Waals surface area contributed by atoms with Crippen molar-refractivity contribution >= 4 is 21.8 Å². The molecule has 0 radical (unpaired) electrons. The second kappa shape index (κ2) is 5.92. The van der Waals surface area contributed by atoms with Crippen molar-refractivity contribution in [1.82, 2.24) is 5.32 Å². The zero-order chi connectivity index (χ0) is 13.9. The third-order valence-electron chi connectivity index (χ3n) is 3.58. The van der Waals surface area contributed by atoms with Crippen LogP contribution in [0.5, 0.6) is 5.75 Å². The third-order valence-corrected chi connectivity index (χ3v) is 4.25. The first kappa shape index (κ1) is 14.3. The Hall–Kier alpha value is -1.07. The first-order chi connectivity index (χ1) is 9.00. The molecule has 1 aliphatic rings. The van der Waals surface area contributed by atoms with E-state index >= 15 is 0 Å². The molecular weight excluding hydrogens is 310 g/mol. The first-order valence-electron chi connectivity index (χ1n) is 6.35. The molecule has 19 heavy (non-hydrogen) atoms. The maximum atomic E-state index is 12.0. The SMILES string of the molecule is CC1(CNC(=O)c2ccc(Br)c(O)c2)CCOCC1. The Morgan fingerprint density at radius 3 is 2.79 bits per heavy atom. The average Bonchev–Trinajstić information content (AvgIpc) is 2.40. The van der Waals surface area contributed by atoms with Gasteiger partial charge in [-0.25, -0.2) is 0 Å². The van der Waals surface area contributed by atoms with Gasteiger partial charge in [0.25, 0.3) is 5.91 Å². The van der Waals surface area contributed by atoms with Crippen LogP contribution in [0, 0.1) is 5.41 Å². The number of carbonyl (C=O) groups is 1. The fourth-order valence-corrected chi connectivity index (χ4v) is 2.34. The van der Waals surface area contributed by atoms with Crippen molar-refractivity contribution in [2.24, 2.45) is 5.41 Å². The molecule has 0 spiro atoms. The second-order valence-corrected chi connectivity index (χ2v) is 6.13. The highest BCUT2D eigenvalue weighted by Gasteiger charge is 2.27. The van der Waals surface area contributed by atoms with Crippen LogP contribution in [-0.4, -0.2) is 30.8 Å². The Bertz CT molecular complexity index is 470. The van der Waals surface area contributed by atoms with Gasteiger partial charge in [-0.05, 0) is 52.4 Å². The second-order valence-electron chi connectivity index (χ2n) is 5.27. The number of amides is 1. The molecule has 0 aliphatic carbocycles. The molecule has 1 saturated heterocycles. The minimum atomic E-state index is -0.157. The van der Waals surface area contributed by atoms with E-state index in [0.29, 0.717) is 16.6 Å². The molecule has 2 rings (SSSR count). The molecular formula is C14H18BrNO3. The van der Waals surface area contributed by atoms with Gasteiger partial charge in [-0.3, -0.25) is 4.79 Å². The van der Waals surface area contributed by atoms with E-state index in [1.807, 2.05) is 0 Å². The van der Waals surface area contributed by atoms with Gasteiger partial charge >= 0.3 is 0 Å². The summed E-state index contributed by atoms with van der Waals surface area (Å²) in [6.07, 6.45) is 1.91. The van der Waals surface area contributed by atoms with Crippen LogP contribution >= 0.6 is 15.9 Å². The van der Waals surface area contributed by atoms with E-state index in [4.69, 9.17) is 4.74 Å². The van der Waals surface area contributed by atoms with Crippen molar-refractivity contribution in [2.75, 3.05) is 19.8 Å². The molecule has 0 unspecified atom stereocenters. The largest absolute Gasteiger partial charge is 0.507 e. The lowest BCUT2D eigenvalue weighted by Crippen LogP contribution is -2.39. The highest BCUT2D eigenvalue weighted by molar-refractivity contribution is 9.10. The van der Waals surface area contributed by atoms with E-state index in [0.717, 1.165) is 26.1 Å². The Balaban J connectivity index is 1.95. The smallest absolute Gasteiger partial charge is 0.251 e. The van der Waals surface area contributed by atoms with Gasteiger partial charge in [0, 0.05) is 25.3 Å². The highest BCUT2D eigenvalue weighted by Crippen LogP contribution is 2.29. The highest BCUT2D eigenvalue weighted by atomic mass is 79.9.